The van der Waals surface area contributed by atoms with Crippen molar-refractivity contribution in [3.63, 3.8) is 0 Å². The van der Waals surface area contributed by atoms with Gasteiger partial charge < -0.3 is 15.5 Å². The van der Waals surface area contributed by atoms with Gasteiger partial charge in [-0.05, 0) is 55.2 Å². The van der Waals surface area contributed by atoms with E-state index in [1.807, 2.05) is 18.2 Å². The van der Waals surface area contributed by atoms with Crippen LogP contribution in [0.15, 0.2) is 67.3 Å². The van der Waals surface area contributed by atoms with E-state index in [-0.39, 0.29) is 29.8 Å². The maximum absolute atomic E-state index is 13.2. The van der Waals surface area contributed by atoms with Gasteiger partial charge in [-0.2, -0.15) is 0 Å². The Morgan fingerprint density at radius 2 is 1.68 bits per heavy atom. The van der Waals surface area contributed by atoms with Gasteiger partial charge >= 0.3 is 0 Å². The first-order valence-electron chi connectivity index (χ1n) is 10.3. The van der Waals surface area contributed by atoms with E-state index in [1.165, 1.54) is 24.3 Å². The molecule has 2 aromatic carbocycles. The predicted molar refractivity (Wildman–Crippen MR) is 116 cm³/mol. The fourth-order valence-electron chi connectivity index (χ4n) is 3.71. The number of piperidine rings is 1. The van der Waals surface area contributed by atoms with Crippen LogP contribution in [0.25, 0.3) is 0 Å². The summed E-state index contributed by atoms with van der Waals surface area (Å²) < 4.78 is 13.2. The second-order valence-corrected chi connectivity index (χ2v) is 7.49. The lowest BCUT2D eigenvalue weighted by Gasteiger charge is -2.35. The van der Waals surface area contributed by atoms with Gasteiger partial charge in [0.2, 0.25) is 5.91 Å². The molecule has 162 valence electrons. The third-order valence-corrected chi connectivity index (χ3v) is 5.42. The zero-order chi connectivity index (χ0) is 22.2. The Hall–Kier alpha value is -3.48. The minimum absolute atomic E-state index is 0.0398. The van der Waals surface area contributed by atoms with Crippen molar-refractivity contribution in [3.8, 4) is 0 Å². The molecule has 0 spiro atoms. The number of carbonyl (C=O) groups is 3. The van der Waals surface area contributed by atoms with E-state index in [4.69, 9.17) is 0 Å². The molecular weight excluding hydrogens is 397 g/mol. The summed E-state index contributed by atoms with van der Waals surface area (Å²) >= 11 is 0. The molecule has 0 saturated carbocycles. The average molecular weight is 423 g/mol. The van der Waals surface area contributed by atoms with E-state index in [0.29, 0.717) is 31.5 Å². The molecule has 3 rings (SSSR count). The van der Waals surface area contributed by atoms with E-state index in [9.17, 15) is 18.8 Å². The van der Waals surface area contributed by atoms with Crippen molar-refractivity contribution in [1.82, 2.24) is 15.5 Å². The third kappa shape index (κ3) is 5.78. The van der Waals surface area contributed by atoms with Crippen LogP contribution in [0.1, 0.15) is 33.6 Å². The lowest BCUT2D eigenvalue weighted by molar-refractivity contribution is -0.124. The van der Waals surface area contributed by atoms with E-state index in [1.54, 1.807) is 23.1 Å². The fourth-order valence-corrected chi connectivity index (χ4v) is 3.71. The van der Waals surface area contributed by atoms with Crippen molar-refractivity contribution in [2.75, 3.05) is 19.6 Å². The minimum atomic E-state index is -0.758. The number of hydrogen-bond donors (Lipinski definition) is 2. The summed E-state index contributed by atoms with van der Waals surface area (Å²) in [5.41, 5.74) is 0.908. The topological polar surface area (TPSA) is 78.5 Å². The molecule has 7 heteroatoms. The van der Waals surface area contributed by atoms with Gasteiger partial charge in [-0.15, -0.1) is 6.58 Å². The quantitative estimate of drug-likeness (QED) is 0.673. The third-order valence-electron chi connectivity index (χ3n) is 5.42. The summed E-state index contributed by atoms with van der Waals surface area (Å²) in [6.07, 6.45) is 2.72. The number of nitrogens with zero attached hydrogens (tertiary/aromatic N) is 1. The zero-order valence-corrected chi connectivity index (χ0v) is 17.2. The molecule has 6 nitrogen and oxygen atoms in total. The summed E-state index contributed by atoms with van der Waals surface area (Å²) in [5, 5.41) is 5.54. The van der Waals surface area contributed by atoms with Crippen molar-refractivity contribution in [1.29, 1.82) is 0 Å². The number of benzene rings is 2. The number of carbonyl (C=O) groups excluding carboxylic acids is 3. The summed E-state index contributed by atoms with van der Waals surface area (Å²) in [4.78, 5) is 39.8. The molecule has 1 aliphatic rings. The number of halogens is 1. The summed E-state index contributed by atoms with van der Waals surface area (Å²) in [6.45, 7) is 4.87. The standard InChI is InChI=1S/C24H26FN3O3/c1-2-14-26-23(30)21(27-22(29)18-8-10-20(25)11-9-18)17-12-15-28(16-13-17)24(31)19-6-4-3-5-7-19/h2-11,17,21H,1,12-16H2,(H,26,30)(H,27,29). The number of rotatable bonds is 7. The molecule has 1 aliphatic heterocycles. The molecule has 1 fully saturated rings. The van der Waals surface area contributed by atoms with Crippen LogP contribution in [0.2, 0.25) is 0 Å². The van der Waals surface area contributed by atoms with Gasteiger partial charge in [0.1, 0.15) is 11.9 Å². The van der Waals surface area contributed by atoms with Gasteiger partial charge in [0.25, 0.3) is 11.8 Å². The van der Waals surface area contributed by atoms with Crippen LogP contribution < -0.4 is 10.6 Å². The highest BCUT2D eigenvalue weighted by molar-refractivity contribution is 5.97. The number of hydrogen-bond acceptors (Lipinski definition) is 3. The first-order chi connectivity index (χ1) is 15.0. The molecule has 0 aliphatic carbocycles. The van der Waals surface area contributed by atoms with Crippen molar-refractivity contribution in [2.45, 2.75) is 18.9 Å². The molecule has 1 saturated heterocycles. The smallest absolute Gasteiger partial charge is 0.253 e. The Labute approximate surface area is 181 Å². The first kappa shape index (κ1) is 22.2. The second-order valence-electron chi connectivity index (χ2n) is 7.49. The van der Waals surface area contributed by atoms with Crippen molar-refractivity contribution >= 4 is 17.7 Å². The Balaban J connectivity index is 1.67. The highest BCUT2D eigenvalue weighted by Crippen LogP contribution is 2.23. The van der Waals surface area contributed by atoms with Crippen LogP contribution in [-0.2, 0) is 4.79 Å². The van der Waals surface area contributed by atoms with Crippen LogP contribution >= 0.6 is 0 Å². The van der Waals surface area contributed by atoms with E-state index < -0.39 is 17.8 Å². The second kappa shape index (κ2) is 10.5. The van der Waals surface area contributed by atoms with E-state index in [0.717, 1.165) is 0 Å². The van der Waals surface area contributed by atoms with Gasteiger partial charge in [0, 0.05) is 30.8 Å². The van der Waals surface area contributed by atoms with E-state index >= 15 is 0 Å². The molecular formula is C24H26FN3O3. The van der Waals surface area contributed by atoms with Gasteiger partial charge in [0.05, 0.1) is 0 Å². The van der Waals surface area contributed by atoms with Crippen molar-refractivity contribution < 1.29 is 18.8 Å². The number of amides is 3. The van der Waals surface area contributed by atoms with Crippen molar-refractivity contribution in [2.24, 2.45) is 5.92 Å². The van der Waals surface area contributed by atoms with Crippen LogP contribution in [-0.4, -0.2) is 48.3 Å². The molecule has 1 unspecified atom stereocenters. The zero-order valence-electron chi connectivity index (χ0n) is 17.2. The highest BCUT2D eigenvalue weighted by atomic mass is 19.1. The van der Waals surface area contributed by atoms with Gasteiger partial charge in [0.15, 0.2) is 0 Å². The minimum Gasteiger partial charge on any atom is -0.351 e. The van der Waals surface area contributed by atoms with Gasteiger partial charge in [-0.3, -0.25) is 14.4 Å². The first-order valence-corrected chi connectivity index (χ1v) is 10.3. The lowest BCUT2D eigenvalue weighted by Crippen LogP contribution is -2.53. The largest absolute Gasteiger partial charge is 0.351 e. The summed E-state index contributed by atoms with van der Waals surface area (Å²) in [5.74, 6) is -1.35. The Morgan fingerprint density at radius 3 is 2.29 bits per heavy atom. The number of nitrogens with one attached hydrogen (secondary N) is 2. The molecule has 2 N–H and O–H groups in total. The summed E-state index contributed by atoms with van der Waals surface area (Å²) in [7, 11) is 0. The number of likely N-dealkylation sites (tertiary alicyclic amines) is 1. The Bertz CT molecular complexity index is 923. The highest BCUT2D eigenvalue weighted by Gasteiger charge is 2.34. The van der Waals surface area contributed by atoms with Crippen molar-refractivity contribution in [3.05, 3.63) is 84.2 Å². The Kier molecular flexibility index (Phi) is 7.54. The summed E-state index contributed by atoms with van der Waals surface area (Å²) in [6, 6.07) is 13.5. The normalized spacial score (nSPS) is 15.1. The van der Waals surface area contributed by atoms with E-state index in [2.05, 4.69) is 17.2 Å². The average Bonchev–Trinajstić information content (AvgIpc) is 2.81. The van der Waals surface area contributed by atoms with Crippen LogP contribution in [0, 0.1) is 11.7 Å². The predicted octanol–water partition coefficient (Wildman–Crippen LogP) is 2.78. The van der Waals surface area contributed by atoms with Crippen LogP contribution in [0.4, 0.5) is 4.39 Å². The van der Waals surface area contributed by atoms with Gasteiger partial charge in [-0.1, -0.05) is 24.3 Å². The molecule has 2 aromatic rings. The lowest BCUT2D eigenvalue weighted by atomic mass is 9.88. The Morgan fingerprint density at radius 1 is 1.03 bits per heavy atom. The molecule has 31 heavy (non-hydrogen) atoms. The molecule has 0 bridgehead atoms. The maximum atomic E-state index is 13.2. The van der Waals surface area contributed by atoms with Gasteiger partial charge in [-0.25, -0.2) is 4.39 Å². The molecule has 3 amide bonds. The molecule has 1 atom stereocenters. The van der Waals surface area contributed by atoms with Crippen LogP contribution in [0.5, 0.6) is 0 Å². The fraction of sp³-hybridized carbons (Fsp3) is 0.292. The molecule has 1 heterocycles. The molecule has 0 radical (unpaired) electrons. The van der Waals surface area contributed by atoms with Crippen LogP contribution in [0.3, 0.4) is 0 Å². The maximum Gasteiger partial charge on any atom is 0.253 e. The SMILES string of the molecule is C=CCNC(=O)C(NC(=O)c1ccc(F)cc1)C1CCN(C(=O)c2ccccc2)CC1. The molecule has 0 aromatic heterocycles. The monoisotopic (exact) mass is 423 g/mol.